The summed E-state index contributed by atoms with van der Waals surface area (Å²) in [5, 5.41) is 3.13. The average Bonchev–Trinajstić information content (AvgIpc) is 2.14. The molecule has 0 spiro atoms. The molecule has 0 radical (unpaired) electrons. The largest absolute Gasteiger partial charge is 0.319 e. The van der Waals surface area contributed by atoms with Gasteiger partial charge in [0.05, 0.1) is 0 Å². The maximum absolute atomic E-state index is 3.13. The highest BCUT2D eigenvalue weighted by atomic mass is 14.8. The normalized spacial score (nSPS) is 18.2. The van der Waals surface area contributed by atoms with Gasteiger partial charge in [0.15, 0.2) is 0 Å². The Bertz CT molecular complexity index is 168. The molecule has 1 aliphatic carbocycles. The van der Waals surface area contributed by atoms with Gasteiger partial charge in [0, 0.05) is 0 Å². The third kappa shape index (κ3) is 3.72. The van der Waals surface area contributed by atoms with Crippen molar-refractivity contribution in [3.05, 3.63) is 23.8 Å². The number of allylic oxidation sites excluding steroid dienone is 3. The van der Waals surface area contributed by atoms with Crippen LogP contribution in [0.2, 0.25) is 0 Å². The molecule has 0 amide bonds. The van der Waals surface area contributed by atoms with Gasteiger partial charge < -0.3 is 5.32 Å². The van der Waals surface area contributed by atoms with Gasteiger partial charge in [0.25, 0.3) is 0 Å². The molecule has 0 aliphatic heterocycles. The van der Waals surface area contributed by atoms with E-state index in [9.17, 15) is 0 Å². The van der Waals surface area contributed by atoms with E-state index in [0.29, 0.717) is 0 Å². The van der Waals surface area contributed by atoms with Gasteiger partial charge in [0.1, 0.15) is 0 Å². The van der Waals surface area contributed by atoms with Crippen molar-refractivity contribution in [3.63, 3.8) is 0 Å². The van der Waals surface area contributed by atoms with Crippen molar-refractivity contribution < 1.29 is 0 Å². The van der Waals surface area contributed by atoms with Crippen LogP contribution in [0.15, 0.2) is 23.8 Å². The van der Waals surface area contributed by atoms with E-state index < -0.39 is 0 Å². The Morgan fingerprint density at radius 3 is 3.08 bits per heavy atom. The summed E-state index contributed by atoms with van der Waals surface area (Å²) in [6.07, 6.45) is 13.4. The summed E-state index contributed by atoms with van der Waals surface area (Å²) in [4.78, 5) is 0. The van der Waals surface area contributed by atoms with Crippen molar-refractivity contribution in [2.75, 3.05) is 13.6 Å². The molecule has 1 heteroatoms. The zero-order valence-electron chi connectivity index (χ0n) is 7.97. The number of nitrogens with one attached hydrogen (secondary N) is 1. The molecule has 0 saturated carbocycles. The summed E-state index contributed by atoms with van der Waals surface area (Å²) in [6.45, 7) is 1.09. The van der Waals surface area contributed by atoms with Gasteiger partial charge in [-0.25, -0.2) is 0 Å². The van der Waals surface area contributed by atoms with Crippen LogP contribution in [-0.4, -0.2) is 13.6 Å². The zero-order valence-corrected chi connectivity index (χ0v) is 7.97. The van der Waals surface area contributed by atoms with E-state index >= 15 is 0 Å². The smallest absolute Gasteiger partial charge is 0.00172 e. The van der Waals surface area contributed by atoms with E-state index in [-0.39, 0.29) is 0 Å². The highest BCUT2D eigenvalue weighted by molar-refractivity contribution is 5.19. The van der Waals surface area contributed by atoms with Crippen LogP contribution in [0.1, 0.15) is 32.1 Å². The van der Waals surface area contributed by atoms with Crippen molar-refractivity contribution in [1.29, 1.82) is 0 Å². The first-order valence-corrected chi connectivity index (χ1v) is 4.93. The zero-order chi connectivity index (χ0) is 8.65. The maximum Gasteiger partial charge on any atom is -0.00172 e. The molecular weight excluding hydrogens is 146 g/mol. The number of rotatable bonds is 4. The first-order chi connectivity index (χ1) is 5.93. The van der Waals surface area contributed by atoms with Gasteiger partial charge in [-0.2, -0.15) is 0 Å². The molecule has 0 fully saturated rings. The Kier molecular flexibility index (Phi) is 4.77. The van der Waals surface area contributed by atoms with E-state index in [1.54, 1.807) is 0 Å². The minimum atomic E-state index is 1.09. The predicted octanol–water partition coefficient (Wildman–Crippen LogP) is 2.65. The van der Waals surface area contributed by atoms with Gasteiger partial charge in [-0.1, -0.05) is 23.8 Å². The van der Waals surface area contributed by atoms with Crippen molar-refractivity contribution in [2.45, 2.75) is 32.1 Å². The van der Waals surface area contributed by atoms with Crippen molar-refractivity contribution in [1.82, 2.24) is 5.32 Å². The summed E-state index contributed by atoms with van der Waals surface area (Å²) in [5.74, 6) is 0. The van der Waals surface area contributed by atoms with Crippen LogP contribution < -0.4 is 5.32 Å². The van der Waals surface area contributed by atoms with Crippen molar-refractivity contribution >= 4 is 0 Å². The summed E-state index contributed by atoms with van der Waals surface area (Å²) >= 11 is 0. The maximum atomic E-state index is 3.13. The monoisotopic (exact) mass is 165 g/mol. The quantitative estimate of drug-likeness (QED) is 0.631. The molecule has 0 aromatic heterocycles. The summed E-state index contributed by atoms with van der Waals surface area (Å²) in [7, 11) is 1.99. The fourth-order valence-electron chi connectivity index (χ4n) is 1.48. The lowest BCUT2D eigenvalue weighted by Crippen LogP contribution is -2.05. The molecule has 1 rings (SSSR count). The summed E-state index contributed by atoms with van der Waals surface area (Å²) in [5.41, 5.74) is 1.54. The second-order valence-electron chi connectivity index (χ2n) is 3.32. The third-order valence-electron chi connectivity index (χ3n) is 2.22. The molecule has 0 unspecified atom stereocenters. The Hall–Kier alpha value is -0.560. The topological polar surface area (TPSA) is 12.0 Å². The van der Waals surface area contributed by atoms with Crippen LogP contribution in [0.5, 0.6) is 0 Å². The highest BCUT2D eigenvalue weighted by Gasteiger charge is 1.98. The summed E-state index contributed by atoms with van der Waals surface area (Å²) < 4.78 is 0. The minimum absolute atomic E-state index is 1.09. The second-order valence-corrected chi connectivity index (χ2v) is 3.32. The molecule has 1 nitrogen and oxygen atoms in total. The Labute approximate surface area is 75.6 Å². The fraction of sp³-hybridized carbons (Fsp3) is 0.636. The Morgan fingerprint density at radius 2 is 2.42 bits per heavy atom. The minimum Gasteiger partial charge on any atom is -0.319 e. The van der Waals surface area contributed by atoms with Crippen LogP contribution in [0, 0.1) is 0 Å². The highest BCUT2D eigenvalue weighted by Crippen LogP contribution is 2.17. The fourth-order valence-corrected chi connectivity index (χ4v) is 1.48. The SMILES string of the molecule is CNCC/C=C/C1=CCCCC1. The van der Waals surface area contributed by atoms with Gasteiger partial charge >= 0.3 is 0 Å². The van der Waals surface area contributed by atoms with Crippen LogP contribution in [-0.2, 0) is 0 Å². The lowest BCUT2D eigenvalue weighted by atomic mass is 9.99. The van der Waals surface area contributed by atoms with Crippen molar-refractivity contribution in [3.8, 4) is 0 Å². The van der Waals surface area contributed by atoms with E-state index in [2.05, 4.69) is 23.5 Å². The van der Waals surface area contributed by atoms with Gasteiger partial charge in [-0.15, -0.1) is 0 Å². The lowest BCUT2D eigenvalue weighted by Gasteiger charge is -2.07. The van der Waals surface area contributed by atoms with Crippen LogP contribution >= 0.6 is 0 Å². The number of hydrogen-bond donors (Lipinski definition) is 1. The van der Waals surface area contributed by atoms with Crippen LogP contribution in [0.3, 0.4) is 0 Å². The first kappa shape index (κ1) is 9.53. The first-order valence-electron chi connectivity index (χ1n) is 4.93. The lowest BCUT2D eigenvalue weighted by molar-refractivity contribution is 0.711. The van der Waals surface area contributed by atoms with E-state index in [0.717, 1.165) is 13.0 Å². The Morgan fingerprint density at radius 1 is 1.50 bits per heavy atom. The van der Waals surface area contributed by atoms with E-state index in [1.807, 2.05) is 7.05 Å². The van der Waals surface area contributed by atoms with Crippen LogP contribution in [0.4, 0.5) is 0 Å². The number of hydrogen-bond acceptors (Lipinski definition) is 1. The standard InChI is InChI=1S/C11H19N/c1-12-10-6-5-9-11-7-3-2-4-8-11/h5,7,9,12H,2-4,6,8,10H2,1H3/b9-5+. The molecule has 0 heterocycles. The Balaban J connectivity index is 2.19. The molecule has 0 atom stereocenters. The van der Waals surface area contributed by atoms with Gasteiger partial charge in [-0.05, 0) is 45.7 Å². The molecule has 68 valence electrons. The molecule has 12 heavy (non-hydrogen) atoms. The van der Waals surface area contributed by atoms with Gasteiger partial charge in [0.2, 0.25) is 0 Å². The molecular formula is C11H19N. The average molecular weight is 165 g/mol. The van der Waals surface area contributed by atoms with Gasteiger partial charge in [-0.3, -0.25) is 0 Å². The van der Waals surface area contributed by atoms with E-state index in [1.165, 1.54) is 31.3 Å². The molecule has 0 bridgehead atoms. The molecule has 1 N–H and O–H groups in total. The third-order valence-corrected chi connectivity index (χ3v) is 2.22. The van der Waals surface area contributed by atoms with Crippen molar-refractivity contribution in [2.24, 2.45) is 0 Å². The van der Waals surface area contributed by atoms with E-state index in [4.69, 9.17) is 0 Å². The predicted molar refractivity (Wildman–Crippen MR) is 54.2 cm³/mol. The second kappa shape index (κ2) is 6.01. The molecule has 0 saturated heterocycles. The molecule has 0 aromatic rings. The summed E-state index contributed by atoms with van der Waals surface area (Å²) in [6, 6.07) is 0. The van der Waals surface area contributed by atoms with Crippen LogP contribution in [0.25, 0.3) is 0 Å². The molecule has 1 aliphatic rings. The molecule has 0 aromatic carbocycles.